The highest BCUT2D eigenvalue weighted by atomic mass is 16.2. The molecule has 1 aliphatic rings. The van der Waals surface area contributed by atoms with Crippen LogP contribution in [0.3, 0.4) is 0 Å². The fourth-order valence-corrected chi connectivity index (χ4v) is 2.25. The van der Waals surface area contributed by atoms with Crippen molar-refractivity contribution in [2.24, 2.45) is 11.7 Å². The molecule has 1 aliphatic heterocycles. The number of carbonyl (C=O) groups excluding carboxylic acids is 1. The summed E-state index contributed by atoms with van der Waals surface area (Å²) >= 11 is 0. The molecule has 0 radical (unpaired) electrons. The normalized spacial score (nSPS) is 26.2. The van der Waals surface area contributed by atoms with E-state index in [0.717, 1.165) is 19.5 Å². The van der Waals surface area contributed by atoms with Gasteiger partial charge in [0.15, 0.2) is 0 Å². The van der Waals surface area contributed by atoms with Gasteiger partial charge < -0.3 is 10.6 Å². The fourth-order valence-electron chi connectivity index (χ4n) is 2.25. The number of likely N-dealkylation sites (tertiary alicyclic amines) is 1. The molecule has 0 spiro atoms. The Labute approximate surface area is 105 Å². The van der Waals surface area contributed by atoms with E-state index < -0.39 is 0 Å². The zero-order chi connectivity index (χ0) is 13.0. The summed E-state index contributed by atoms with van der Waals surface area (Å²) in [6.45, 7) is 8.52. The number of likely N-dealkylation sites (N-methyl/N-ethyl adjacent to an activating group) is 1. The Morgan fingerprint density at radius 3 is 2.65 bits per heavy atom. The minimum absolute atomic E-state index is 0.213. The van der Waals surface area contributed by atoms with Crippen molar-refractivity contribution in [3.05, 3.63) is 0 Å². The zero-order valence-electron chi connectivity index (χ0n) is 11.6. The quantitative estimate of drug-likeness (QED) is 0.796. The van der Waals surface area contributed by atoms with Gasteiger partial charge in [-0.2, -0.15) is 0 Å². The molecule has 0 aromatic heterocycles. The van der Waals surface area contributed by atoms with E-state index in [4.69, 9.17) is 5.73 Å². The summed E-state index contributed by atoms with van der Waals surface area (Å²) < 4.78 is 0. The first-order valence-electron chi connectivity index (χ1n) is 6.65. The molecule has 2 atom stereocenters. The van der Waals surface area contributed by atoms with Gasteiger partial charge in [0.05, 0.1) is 6.54 Å². The highest BCUT2D eigenvalue weighted by Crippen LogP contribution is 2.20. The van der Waals surface area contributed by atoms with Crippen LogP contribution < -0.4 is 5.73 Å². The van der Waals surface area contributed by atoms with Gasteiger partial charge in [-0.3, -0.25) is 9.69 Å². The van der Waals surface area contributed by atoms with Crippen molar-refractivity contribution in [2.75, 3.05) is 26.7 Å². The lowest BCUT2D eigenvalue weighted by Gasteiger charge is -2.38. The summed E-state index contributed by atoms with van der Waals surface area (Å²) in [6, 6.07) is 0.773. The molecule has 0 aromatic rings. The third-order valence-electron chi connectivity index (χ3n) is 3.95. The molecular weight excluding hydrogens is 214 g/mol. The number of hydrogen-bond donors (Lipinski definition) is 1. The number of piperidine rings is 1. The Morgan fingerprint density at radius 2 is 2.12 bits per heavy atom. The molecule has 4 heteroatoms. The predicted octanol–water partition coefficient (Wildman–Crippen LogP) is 0.912. The van der Waals surface area contributed by atoms with E-state index in [0.29, 0.717) is 18.5 Å². The summed E-state index contributed by atoms with van der Waals surface area (Å²) in [5, 5.41) is 0. The minimum Gasteiger partial charge on any atom is -0.342 e. The summed E-state index contributed by atoms with van der Waals surface area (Å²) in [4.78, 5) is 16.1. The third-order valence-corrected chi connectivity index (χ3v) is 3.95. The molecule has 1 heterocycles. The Morgan fingerprint density at radius 1 is 1.47 bits per heavy atom. The van der Waals surface area contributed by atoms with Crippen LogP contribution in [0.5, 0.6) is 0 Å². The fraction of sp³-hybridized carbons (Fsp3) is 0.923. The largest absolute Gasteiger partial charge is 0.342 e. The number of nitrogens with two attached hydrogens (primary N) is 1. The number of amides is 1. The summed E-state index contributed by atoms with van der Waals surface area (Å²) in [6.07, 6.45) is 2.35. The van der Waals surface area contributed by atoms with Gasteiger partial charge in [-0.15, -0.1) is 0 Å². The van der Waals surface area contributed by atoms with Gasteiger partial charge in [0, 0.05) is 25.7 Å². The van der Waals surface area contributed by atoms with Gasteiger partial charge in [-0.05, 0) is 46.1 Å². The van der Waals surface area contributed by atoms with Crippen LogP contribution in [-0.4, -0.2) is 54.5 Å². The van der Waals surface area contributed by atoms with E-state index in [2.05, 4.69) is 11.8 Å². The molecule has 0 aliphatic carbocycles. The molecule has 0 bridgehead atoms. The third kappa shape index (κ3) is 3.96. The monoisotopic (exact) mass is 241 g/mol. The molecule has 4 nitrogen and oxygen atoms in total. The molecule has 2 unspecified atom stereocenters. The highest BCUT2D eigenvalue weighted by molar-refractivity contribution is 5.78. The summed E-state index contributed by atoms with van der Waals surface area (Å²) in [5.41, 5.74) is 5.73. The molecule has 0 aromatic carbocycles. The molecule has 0 saturated carbocycles. The second kappa shape index (κ2) is 6.36. The molecule has 2 N–H and O–H groups in total. The first-order valence-corrected chi connectivity index (χ1v) is 6.65. The molecule has 17 heavy (non-hydrogen) atoms. The van der Waals surface area contributed by atoms with Crippen molar-refractivity contribution < 1.29 is 4.79 Å². The van der Waals surface area contributed by atoms with Crippen LogP contribution >= 0.6 is 0 Å². The van der Waals surface area contributed by atoms with Crippen LogP contribution in [0.1, 0.15) is 33.6 Å². The topological polar surface area (TPSA) is 49.6 Å². The first-order chi connectivity index (χ1) is 7.95. The van der Waals surface area contributed by atoms with Gasteiger partial charge in [-0.1, -0.05) is 0 Å². The van der Waals surface area contributed by atoms with Crippen LogP contribution in [0.4, 0.5) is 0 Å². The van der Waals surface area contributed by atoms with Crippen molar-refractivity contribution in [1.29, 1.82) is 0 Å². The molecule has 1 fully saturated rings. The van der Waals surface area contributed by atoms with Gasteiger partial charge >= 0.3 is 0 Å². The molecule has 100 valence electrons. The maximum Gasteiger partial charge on any atom is 0.236 e. The Hall–Kier alpha value is -0.610. The van der Waals surface area contributed by atoms with Gasteiger partial charge in [-0.25, -0.2) is 0 Å². The van der Waals surface area contributed by atoms with E-state index in [-0.39, 0.29) is 11.9 Å². The van der Waals surface area contributed by atoms with Crippen molar-refractivity contribution in [3.63, 3.8) is 0 Å². The maximum atomic E-state index is 12.0. The van der Waals surface area contributed by atoms with Crippen LogP contribution in [0.2, 0.25) is 0 Å². The van der Waals surface area contributed by atoms with Gasteiger partial charge in [0.25, 0.3) is 0 Å². The van der Waals surface area contributed by atoms with Crippen LogP contribution in [-0.2, 0) is 4.79 Å². The first kappa shape index (κ1) is 14.5. The van der Waals surface area contributed by atoms with Crippen molar-refractivity contribution in [2.45, 2.75) is 45.7 Å². The van der Waals surface area contributed by atoms with Crippen LogP contribution in [0.25, 0.3) is 0 Å². The lowest BCUT2D eigenvalue weighted by molar-refractivity contribution is -0.133. The summed E-state index contributed by atoms with van der Waals surface area (Å²) in [5.74, 6) is 0.771. The Balaban J connectivity index is 2.51. The maximum absolute atomic E-state index is 12.0. The molecule has 1 rings (SSSR count). The van der Waals surface area contributed by atoms with Gasteiger partial charge in [0.1, 0.15) is 0 Å². The van der Waals surface area contributed by atoms with Crippen LogP contribution in [0, 0.1) is 5.92 Å². The molecule has 1 saturated heterocycles. The van der Waals surface area contributed by atoms with Crippen molar-refractivity contribution in [3.8, 4) is 0 Å². The predicted molar refractivity (Wildman–Crippen MR) is 70.7 cm³/mol. The number of carbonyl (C=O) groups is 1. The highest BCUT2D eigenvalue weighted by Gasteiger charge is 2.27. The zero-order valence-corrected chi connectivity index (χ0v) is 11.6. The van der Waals surface area contributed by atoms with Crippen LogP contribution in [0.15, 0.2) is 0 Å². The average Bonchev–Trinajstić information content (AvgIpc) is 2.30. The van der Waals surface area contributed by atoms with Crippen molar-refractivity contribution >= 4 is 5.91 Å². The van der Waals surface area contributed by atoms with E-state index >= 15 is 0 Å². The number of rotatable bonds is 4. The average molecular weight is 241 g/mol. The minimum atomic E-state index is 0.213. The van der Waals surface area contributed by atoms with E-state index in [1.54, 1.807) is 0 Å². The van der Waals surface area contributed by atoms with Crippen molar-refractivity contribution in [1.82, 2.24) is 9.80 Å². The lowest BCUT2D eigenvalue weighted by Crippen LogP contribution is -2.49. The Kier molecular flexibility index (Phi) is 5.40. The van der Waals surface area contributed by atoms with E-state index in [9.17, 15) is 4.79 Å². The number of nitrogens with zero attached hydrogens (tertiary/aromatic N) is 2. The second-order valence-corrected chi connectivity index (χ2v) is 5.56. The Bertz CT molecular complexity index is 255. The smallest absolute Gasteiger partial charge is 0.236 e. The van der Waals surface area contributed by atoms with Gasteiger partial charge in [0.2, 0.25) is 5.91 Å². The lowest BCUT2D eigenvalue weighted by atomic mass is 9.93. The second-order valence-electron chi connectivity index (χ2n) is 5.56. The SMILES string of the molecule is CC1CCC(CN)CN1CC(=O)N(C)C(C)C. The molecular formula is C13H27N3O. The summed E-state index contributed by atoms with van der Waals surface area (Å²) in [7, 11) is 1.88. The van der Waals surface area contributed by atoms with E-state index in [1.165, 1.54) is 6.42 Å². The standard InChI is InChI=1S/C13H27N3O/c1-10(2)15(4)13(17)9-16-8-12(7-14)6-5-11(16)3/h10-12H,5-9,14H2,1-4H3. The van der Waals surface area contributed by atoms with E-state index in [1.807, 2.05) is 25.8 Å². The number of hydrogen-bond acceptors (Lipinski definition) is 3. The molecule has 1 amide bonds.